The van der Waals surface area contributed by atoms with Crippen LogP contribution in [0, 0.1) is 5.82 Å². The average Bonchev–Trinajstić information content (AvgIpc) is 2.34. The van der Waals surface area contributed by atoms with Gasteiger partial charge >= 0.3 is 0 Å². The molecule has 0 unspecified atom stereocenters. The van der Waals surface area contributed by atoms with E-state index < -0.39 is 5.82 Å². The fraction of sp³-hybridized carbons (Fsp3) is 0. The zero-order valence-electron chi connectivity index (χ0n) is 8.69. The zero-order valence-corrected chi connectivity index (χ0v) is 9.45. The molecule has 0 atom stereocenters. The average molecular weight is 251 g/mol. The molecule has 0 saturated carbocycles. The number of hydrogen-bond acceptors (Lipinski definition) is 2. The summed E-state index contributed by atoms with van der Waals surface area (Å²) in [5, 5.41) is 0.395. The number of para-hydroxylation sites is 1. The Morgan fingerprint density at radius 1 is 1.12 bits per heavy atom. The van der Waals surface area contributed by atoms with Crippen molar-refractivity contribution in [3.63, 3.8) is 0 Å². The quantitative estimate of drug-likeness (QED) is 0.767. The van der Waals surface area contributed by atoms with Crippen molar-refractivity contribution in [2.75, 3.05) is 0 Å². The van der Waals surface area contributed by atoms with E-state index in [0.717, 1.165) is 6.07 Å². The predicted octanol–water partition coefficient (Wildman–Crippen LogP) is 4.08. The van der Waals surface area contributed by atoms with Crippen LogP contribution in [0.2, 0.25) is 5.02 Å². The van der Waals surface area contributed by atoms with Crippen LogP contribution in [-0.2, 0) is 0 Å². The Kier molecular flexibility index (Phi) is 3.40. The van der Waals surface area contributed by atoms with Crippen LogP contribution in [0.5, 0.6) is 11.5 Å². The molecule has 0 aliphatic rings. The lowest BCUT2D eigenvalue weighted by atomic mass is 10.2. The molecule has 4 heteroatoms. The van der Waals surface area contributed by atoms with Crippen molar-refractivity contribution in [3.8, 4) is 11.5 Å². The number of carbonyl (C=O) groups excluding carboxylic acids is 1. The summed E-state index contributed by atoms with van der Waals surface area (Å²) >= 11 is 5.88. The lowest BCUT2D eigenvalue weighted by Crippen LogP contribution is -1.90. The first-order valence-electron chi connectivity index (χ1n) is 4.88. The van der Waals surface area contributed by atoms with E-state index in [1.807, 2.05) is 0 Å². The summed E-state index contributed by atoms with van der Waals surface area (Å²) < 4.78 is 18.8. The minimum Gasteiger partial charge on any atom is -0.453 e. The molecule has 17 heavy (non-hydrogen) atoms. The smallest absolute Gasteiger partial charge is 0.166 e. The van der Waals surface area contributed by atoms with Gasteiger partial charge in [0, 0.05) is 5.56 Å². The topological polar surface area (TPSA) is 26.3 Å². The maximum atomic E-state index is 13.5. The summed E-state index contributed by atoms with van der Waals surface area (Å²) in [5.41, 5.74) is 0.258. The highest BCUT2D eigenvalue weighted by molar-refractivity contribution is 6.32. The maximum Gasteiger partial charge on any atom is 0.166 e. The zero-order chi connectivity index (χ0) is 12.3. The standard InChI is InChI=1S/C13H8ClFO2/c14-10-3-1-2-4-12(10)17-13-6-5-9(8-16)7-11(13)15/h1-8H. The van der Waals surface area contributed by atoms with Gasteiger partial charge in [-0.05, 0) is 30.3 Å². The van der Waals surface area contributed by atoms with E-state index in [1.165, 1.54) is 12.1 Å². The van der Waals surface area contributed by atoms with Gasteiger partial charge in [-0.25, -0.2) is 4.39 Å². The van der Waals surface area contributed by atoms with E-state index in [4.69, 9.17) is 16.3 Å². The van der Waals surface area contributed by atoms with E-state index in [1.54, 1.807) is 24.3 Å². The van der Waals surface area contributed by atoms with Crippen molar-refractivity contribution in [1.82, 2.24) is 0 Å². The normalized spacial score (nSPS) is 10.0. The van der Waals surface area contributed by atoms with Gasteiger partial charge in [0.25, 0.3) is 0 Å². The summed E-state index contributed by atoms with van der Waals surface area (Å²) in [7, 11) is 0. The van der Waals surface area contributed by atoms with Crippen LogP contribution < -0.4 is 4.74 Å². The van der Waals surface area contributed by atoms with Crippen molar-refractivity contribution in [1.29, 1.82) is 0 Å². The lowest BCUT2D eigenvalue weighted by molar-refractivity contribution is 0.112. The van der Waals surface area contributed by atoms with Gasteiger partial charge in [0.15, 0.2) is 11.6 Å². The molecule has 0 amide bonds. The van der Waals surface area contributed by atoms with E-state index in [0.29, 0.717) is 17.1 Å². The van der Waals surface area contributed by atoms with E-state index in [-0.39, 0.29) is 11.3 Å². The fourth-order valence-electron chi connectivity index (χ4n) is 1.32. The molecule has 2 nitrogen and oxygen atoms in total. The van der Waals surface area contributed by atoms with Gasteiger partial charge in [-0.3, -0.25) is 4.79 Å². The Balaban J connectivity index is 2.31. The molecule has 0 spiro atoms. The number of rotatable bonds is 3. The highest BCUT2D eigenvalue weighted by atomic mass is 35.5. The van der Waals surface area contributed by atoms with Crippen LogP contribution in [0.15, 0.2) is 42.5 Å². The molecule has 0 heterocycles. The summed E-state index contributed by atoms with van der Waals surface area (Å²) in [6.45, 7) is 0. The molecule has 0 aliphatic heterocycles. The van der Waals surface area contributed by atoms with Crippen molar-refractivity contribution in [2.45, 2.75) is 0 Å². The van der Waals surface area contributed by atoms with Crippen LogP contribution in [0.25, 0.3) is 0 Å². The van der Waals surface area contributed by atoms with Crippen molar-refractivity contribution in [3.05, 3.63) is 58.9 Å². The molecular formula is C13H8ClFO2. The molecule has 2 aromatic rings. The molecule has 86 valence electrons. The van der Waals surface area contributed by atoms with Gasteiger partial charge in [-0.1, -0.05) is 23.7 Å². The van der Waals surface area contributed by atoms with E-state index in [9.17, 15) is 9.18 Å². The van der Waals surface area contributed by atoms with Gasteiger partial charge in [0.2, 0.25) is 0 Å². The van der Waals surface area contributed by atoms with Gasteiger partial charge in [-0.2, -0.15) is 0 Å². The second-order valence-corrected chi connectivity index (χ2v) is 3.75. The number of benzene rings is 2. The third kappa shape index (κ3) is 2.63. The summed E-state index contributed by atoms with van der Waals surface area (Å²) in [6.07, 6.45) is 0.572. The second kappa shape index (κ2) is 4.97. The molecule has 0 aliphatic carbocycles. The van der Waals surface area contributed by atoms with Gasteiger partial charge in [-0.15, -0.1) is 0 Å². The van der Waals surface area contributed by atoms with Gasteiger partial charge < -0.3 is 4.74 Å². The van der Waals surface area contributed by atoms with Crippen LogP contribution in [0.3, 0.4) is 0 Å². The summed E-state index contributed by atoms with van der Waals surface area (Å²) in [4.78, 5) is 10.5. The first-order chi connectivity index (χ1) is 8.20. The summed E-state index contributed by atoms with van der Waals surface area (Å²) in [6, 6.07) is 10.7. The van der Waals surface area contributed by atoms with Crippen LogP contribution in [-0.4, -0.2) is 6.29 Å². The Morgan fingerprint density at radius 2 is 1.88 bits per heavy atom. The van der Waals surface area contributed by atoms with Crippen LogP contribution >= 0.6 is 11.6 Å². The molecule has 2 aromatic carbocycles. The Labute approximate surface area is 103 Å². The predicted molar refractivity (Wildman–Crippen MR) is 63.3 cm³/mol. The number of ether oxygens (including phenoxy) is 1. The SMILES string of the molecule is O=Cc1ccc(Oc2ccccc2Cl)c(F)c1. The minimum atomic E-state index is -0.602. The molecule has 0 radical (unpaired) electrons. The molecule has 0 N–H and O–H groups in total. The Hall–Kier alpha value is -1.87. The summed E-state index contributed by atoms with van der Waals surface area (Å²) in [5.74, 6) is -0.204. The van der Waals surface area contributed by atoms with Crippen LogP contribution in [0.4, 0.5) is 4.39 Å². The van der Waals surface area contributed by atoms with Gasteiger partial charge in [0.1, 0.15) is 12.0 Å². The first-order valence-corrected chi connectivity index (χ1v) is 5.25. The Bertz CT molecular complexity index is 555. The molecule has 0 saturated heterocycles. The second-order valence-electron chi connectivity index (χ2n) is 3.34. The maximum absolute atomic E-state index is 13.5. The fourth-order valence-corrected chi connectivity index (χ4v) is 1.49. The molecule has 0 aromatic heterocycles. The highest BCUT2D eigenvalue weighted by Crippen LogP contribution is 2.30. The highest BCUT2D eigenvalue weighted by Gasteiger charge is 2.07. The lowest BCUT2D eigenvalue weighted by Gasteiger charge is -2.08. The third-order valence-corrected chi connectivity index (χ3v) is 2.46. The molecular weight excluding hydrogens is 243 g/mol. The van der Waals surface area contributed by atoms with Crippen molar-refractivity contribution < 1.29 is 13.9 Å². The third-order valence-electron chi connectivity index (χ3n) is 2.15. The molecule has 0 bridgehead atoms. The minimum absolute atomic E-state index is 0.0312. The van der Waals surface area contributed by atoms with Gasteiger partial charge in [0.05, 0.1) is 5.02 Å². The number of hydrogen-bond donors (Lipinski definition) is 0. The Morgan fingerprint density at radius 3 is 2.53 bits per heavy atom. The van der Waals surface area contributed by atoms with Crippen LogP contribution in [0.1, 0.15) is 10.4 Å². The molecule has 0 fully saturated rings. The van der Waals surface area contributed by atoms with Crippen molar-refractivity contribution in [2.24, 2.45) is 0 Å². The number of aldehydes is 1. The monoisotopic (exact) mass is 250 g/mol. The largest absolute Gasteiger partial charge is 0.453 e. The van der Waals surface area contributed by atoms with E-state index in [2.05, 4.69) is 0 Å². The number of halogens is 2. The first kappa shape index (κ1) is 11.6. The number of carbonyl (C=O) groups is 1. The van der Waals surface area contributed by atoms with E-state index >= 15 is 0 Å². The van der Waals surface area contributed by atoms with Crippen molar-refractivity contribution >= 4 is 17.9 Å². The molecule has 2 rings (SSSR count).